The van der Waals surface area contributed by atoms with E-state index in [1.807, 2.05) is 44.9 Å². The molecule has 0 spiro atoms. The Bertz CT molecular complexity index is 1200. The van der Waals surface area contributed by atoms with E-state index >= 15 is 0 Å². The van der Waals surface area contributed by atoms with Gasteiger partial charge in [-0.25, -0.2) is 4.39 Å². The molecular weight excluding hydrogens is 553 g/mol. The van der Waals surface area contributed by atoms with E-state index in [-0.39, 0.29) is 18.3 Å². The molecule has 3 aromatic rings. The minimum atomic E-state index is -0.348. The van der Waals surface area contributed by atoms with E-state index in [0.29, 0.717) is 47.3 Å². The van der Waals surface area contributed by atoms with Gasteiger partial charge in [-0.15, -0.1) is 0 Å². The smallest absolute Gasteiger partial charge is 0.253 e. The number of hydrogen-bond acceptors (Lipinski definition) is 5. The van der Waals surface area contributed by atoms with Crippen LogP contribution in [0.15, 0.2) is 72.4 Å². The molecule has 0 aliphatic heterocycles. The first-order valence-electron chi connectivity index (χ1n) is 13.5. The zero-order valence-corrected chi connectivity index (χ0v) is 26.2. The van der Waals surface area contributed by atoms with Crippen molar-refractivity contribution < 1.29 is 23.1 Å². The number of benzene rings is 3. The topological polar surface area (TPSA) is 67.4 Å². The summed E-state index contributed by atoms with van der Waals surface area (Å²) in [5.41, 5.74) is 4.43. The largest absolute Gasteiger partial charge is 0.497 e. The summed E-state index contributed by atoms with van der Waals surface area (Å²) in [6.07, 6.45) is 3.32. The van der Waals surface area contributed by atoms with Gasteiger partial charge < -0.3 is 20.2 Å². The number of carbonyl (C=O) groups is 2. The van der Waals surface area contributed by atoms with Crippen molar-refractivity contribution in [3.05, 3.63) is 100 Å². The number of unbranched alkanes of at least 4 members (excludes halogenated alkanes) is 1. The second-order valence-electron chi connectivity index (χ2n) is 8.88. The Kier molecular flexibility index (Phi) is 21.1. The van der Waals surface area contributed by atoms with Gasteiger partial charge in [-0.2, -0.15) is 12.6 Å². The molecule has 0 aliphatic carbocycles. The number of rotatable bonds is 11. The second kappa shape index (κ2) is 23.0. The summed E-state index contributed by atoms with van der Waals surface area (Å²) in [5.74, 6) is 0.831. The first-order chi connectivity index (χ1) is 20.3. The highest BCUT2D eigenvalue weighted by atomic mass is 32.1. The number of halogens is 2. The Morgan fingerprint density at radius 3 is 2.19 bits per heavy atom. The molecule has 0 unspecified atom stereocenters. The van der Waals surface area contributed by atoms with Gasteiger partial charge in [-0.05, 0) is 66.7 Å². The molecule has 0 aliphatic rings. The summed E-state index contributed by atoms with van der Waals surface area (Å²) in [6.45, 7) is 8.53. The van der Waals surface area contributed by atoms with E-state index in [0.717, 1.165) is 17.7 Å². The van der Waals surface area contributed by atoms with Crippen molar-refractivity contribution in [1.82, 2.24) is 10.6 Å². The lowest BCUT2D eigenvalue weighted by Crippen LogP contribution is -2.30. The van der Waals surface area contributed by atoms with Crippen molar-refractivity contribution in [2.75, 3.05) is 26.6 Å². The van der Waals surface area contributed by atoms with Crippen LogP contribution in [0.3, 0.4) is 0 Å². The van der Waals surface area contributed by atoms with Crippen molar-refractivity contribution in [1.29, 1.82) is 0 Å². The fraction of sp³-hybridized carbons (Fsp3) is 0.333. The molecule has 0 fully saturated rings. The van der Waals surface area contributed by atoms with Gasteiger partial charge >= 0.3 is 0 Å². The molecule has 3 rings (SSSR count). The first kappa shape index (κ1) is 38.4. The standard InChI is InChI=1S/C27H28BFN2O2.C4H10S.CH3F.CH2O/c1-18-9-7-13-23(29)22(18)17-31-27(32)25(21-12-8-14-24(33-3)26(21)28)19(2)30-16-15-20-10-5-4-6-11-20;1-2-3-4-5;2*1-2/h4-14,30H,15-17H2,1-3H3,(H,31,32);5H,2-4H2,1H3;1H3;1H2/b25-19-;;;. The molecule has 3 aromatic carbocycles. The van der Waals surface area contributed by atoms with Crippen LogP contribution in [0.1, 0.15) is 48.9 Å². The summed E-state index contributed by atoms with van der Waals surface area (Å²) in [6, 6.07) is 20.3. The maximum absolute atomic E-state index is 14.3. The van der Waals surface area contributed by atoms with E-state index in [2.05, 4.69) is 42.3 Å². The average molecular weight is 597 g/mol. The van der Waals surface area contributed by atoms with Crippen LogP contribution in [-0.2, 0) is 22.6 Å². The van der Waals surface area contributed by atoms with Gasteiger partial charge in [0.1, 0.15) is 26.2 Å². The molecule has 0 bridgehead atoms. The summed E-state index contributed by atoms with van der Waals surface area (Å²) < 4.78 is 29.1. The zero-order chi connectivity index (χ0) is 31.9. The predicted molar refractivity (Wildman–Crippen MR) is 175 cm³/mol. The van der Waals surface area contributed by atoms with Crippen LogP contribution in [0.4, 0.5) is 8.78 Å². The maximum Gasteiger partial charge on any atom is 0.253 e. The number of ether oxygens (including phenoxy) is 1. The van der Waals surface area contributed by atoms with Gasteiger partial charge in [0.2, 0.25) is 0 Å². The summed E-state index contributed by atoms with van der Waals surface area (Å²) in [4.78, 5) is 21.3. The number of methoxy groups -OCH3 is 1. The van der Waals surface area contributed by atoms with Gasteiger partial charge in [0.25, 0.3) is 5.91 Å². The highest BCUT2D eigenvalue weighted by molar-refractivity contribution is 7.80. The van der Waals surface area contributed by atoms with Crippen LogP contribution in [0, 0.1) is 12.7 Å². The minimum Gasteiger partial charge on any atom is -0.497 e. The van der Waals surface area contributed by atoms with E-state index in [1.165, 1.54) is 31.6 Å². The number of hydrogen-bond donors (Lipinski definition) is 3. The van der Waals surface area contributed by atoms with Gasteiger partial charge in [0.15, 0.2) is 0 Å². The predicted octanol–water partition coefficient (Wildman–Crippen LogP) is 5.93. The Morgan fingerprint density at radius 1 is 1.00 bits per heavy atom. The molecule has 2 radical (unpaired) electrons. The quantitative estimate of drug-likeness (QED) is 0.146. The van der Waals surface area contributed by atoms with Crippen LogP contribution < -0.4 is 20.8 Å². The lowest BCUT2D eigenvalue weighted by atomic mass is 9.85. The van der Waals surface area contributed by atoms with E-state index in [4.69, 9.17) is 17.4 Å². The summed E-state index contributed by atoms with van der Waals surface area (Å²) in [5, 5.41) is 6.20. The molecular formula is C33H43BF2N2O3S. The lowest BCUT2D eigenvalue weighted by Gasteiger charge is -2.18. The van der Waals surface area contributed by atoms with E-state index < -0.39 is 0 Å². The van der Waals surface area contributed by atoms with Gasteiger partial charge in [-0.1, -0.05) is 67.9 Å². The van der Waals surface area contributed by atoms with E-state index in [1.54, 1.807) is 24.3 Å². The molecule has 0 heterocycles. The highest BCUT2D eigenvalue weighted by Crippen LogP contribution is 2.21. The van der Waals surface area contributed by atoms with Crippen LogP contribution >= 0.6 is 12.6 Å². The third-order valence-corrected chi connectivity index (χ3v) is 6.41. The number of thiol groups is 1. The van der Waals surface area contributed by atoms with Crippen LogP contribution in [0.5, 0.6) is 5.75 Å². The molecule has 0 saturated carbocycles. The molecule has 5 nitrogen and oxygen atoms in total. The van der Waals surface area contributed by atoms with Crippen LogP contribution in [0.25, 0.3) is 5.57 Å². The van der Waals surface area contributed by atoms with Crippen molar-refractivity contribution >= 4 is 44.2 Å². The molecule has 0 saturated heterocycles. The Morgan fingerprint density at radius 2 is 1.64 bits per heavy atom. The van der Waals surface area contributed by atoms with Crippen molar-refractivity contribution in [3.63, 3.8) is 0 Å². The fourth-order valence-electron chi connectivity index (χ4n) is 3.87. The lowest BCUT2D eigenvalue weighted by molar-refractivity contribution is -0.115. The van der Waals surface area contributed by atoms with Gasteiger partial charge in [-0.3, -0.25) is 9.18 Å². The SMILES string of the molecule is C=O.CCCCS.CF.[B]c1c(OC)cccc1/C(C(=O)NCc1c(C)cccc1F)=C(\C)NCCc1ccccc1. The zero-order valence-electron chi connectivity index (χ0n) is 25.3. The molecule has 2 N–H and O–H groups in total. The van der Waals surface area contributed by atoms with Crippen molar-refractivity contribution in [2.45, 2.75) is 46.6 Å². The number of carbonyl (C=O) groups excluding carboxylic acids is 2. The third kappa shape index (κ3) is 12.9. The minimum absolute atomic E-state index is 0.0714. The maximum atomic E-state index is 14.3. The second-order valence-corrected chi connectivity index (χ2v) is 9.33. The highest BCUT2D eigenvalue weighted by Gasteiger charge is 2.19. The molecule has 226 valence electrons. The number of allylic oxidation sites excluding steroid dienone is 1. The van der Waals surface area contributed by atoms with Crippen molar-refractivity contribution in [3.8, 4) is 5.75 Å². The first-order valence-corrected chi connectivity index (χ1v) is 14.2. The monoisotopic (exact) mass is 596 g/mol. The third-order valence-electron chi connectivity index (χ3n) is 6.09. The summed E-state index contributed by atoms with van der Waals surface area (Å²) >= 11 is 4.00. The molecule has 1 amide bonds. The average Bonchev–Trinajstić information content (AvgIpc) is 3.01. The fourth-order valence-corrected chi connectivity index (χ4v) is 4.18. The molecule has 9 heteroatoms. The Labute approximate surface area is 257 Å². The van der Waals surface area contributed by atoms with E-state index in [9.17, 15) is 13.6 Å². The van der Waals surface area contributed by atoms with Crippen LogP contribution in [0.2, 0.25) is 0 Å². The Hall–Kier alpha value is -3.59. The van der Waals surface area contributed by atoms with Gasteiger partial charge in [0.05, 0.1) is 19.9 Å². The normalized spacial score (nSPS) is 10.3. The summed E-state index contributed by atoms with van der Waals surface area (Å²) in [7, 11) is 8.35. The van der Waals surface area contributed by atoms with Crippen molar-refractivity contribution in [2.24, 2.45) is 0 Å². The number of nitrogens with one attached hydrogen (secondary N) is 2. The number of alkyl halides is 1. The Balaban J connectivity index is 0.00000166. The number of amides is 1. The molecule has 0 aromatic heterocycles. The molecule has 42 heavy (non-hydrogen) atoms. The number of aryl methyl sites for hydroxylation is 1. The molecule has 0 atom stereocenters. The van der Waals surface area contributed by atoms with Gasteiger partial charge in [0, 0.05) is 24.4 Å². The van der Waals surface area contributed by atoms with Crippen LogP contribution in [-0.4, -0.2) is 47.1 Å².